The first-order valence-electron chi connectivity index (χ1n) is 6.62. The normalized spacial score (nSPS) is 10.9. The molecular weight excluding hydrogens is 272 g/mol. The van der Waals surface area contributed by atoms with Crippen LogP contribution in [0, 0.1) is 0 Å². The van der Waals surface area contributed by atoms with Crippen molar-refractivity contribution in [1.29, 1.82) is 0 Å². The third kappa shape index (κ3) is 4.76. The maximum Gasteiger partial charge on any atom is 0.328 e. The second-order valence-electron chi connectivity index (χ2n) is 4.38. The molecule has 0 atom stereocenters. The smallest absolute Gasteiger partial charge is 0.328 e. The van der Waals surface area contributed by atoms with Gasteiger partial charge in [0.05, 0.1) is 0 Å². The zero-order chi connectivity index (χ0) is 15.1. The summed E-state index contributed by atoms with van der Waals surface area (Å²) in [6.45, 7) is 2.26. The van der Waals surface area contributed by atoms with Gasteiger partial charge in [-0.1, -0.05) is 24.2 Å². The van der Waals surface area contributed by atoms with Crippen LogP contribution in [-0.4, -0.2) is 21.2 Å². The van der Waals surface area contributed by atoms with E-state index in [-0.39, 0.29) is 6.61 Å². The number of carbonyl (C=O) groups is 1. The van der Waals surface area contributed by atoms with Gasteiger partial charge in [-0.05, 0) is 30.2 Å². The molecule has 0 radical (unpaired) electrons. The van der Waals surface area contributed by atoms with E-state index in [0.717, 1.165) is 24.5 Å². The monoisotopic (exact) mass is 288 g/mol. The second kappa shape index (κ2) is 7.23. The molecule has 0 aliphatic heterocycles. The molecule has 2 rings (SSSR count). The SMILES string of the molecule is CCCc1noc(COc2ccc(C=CC(=O)O)cc2)n1. The van der Waals surface area contributed by atoms with Crippen LogP contribution in [0.1, 0.15) is 30.6 Å². The van der Waals surface area contributed by atoms with Crippen molar-refractivity contribution in [2.45, 2.75) is 26.4 Å². The highest BCUT2D eigenvalue weighted by Crippen LogP contribution is 2.14. The molecule has 0 fully saturated rings. The lowest BCUT2D eigenvalue weighted by Crippen LogP contribution is -1.96. The Labute approximate surface area is 122 Å². The molecule has 0 spiro atoms. The van der Waals surface area contributed by atoms with Crippen LogP contribution in [0.15, 0.2) is 34.9 Å². The number of rotatable bonds is 7. The molecule has 0 aliphatic rings. The van der Waals surface area contributed by atoms with Gasteiger partial charge in [-0.2, -0.15) is 4.98 Å². The predicted molar refractivity (Wildman–Crippen MR) is 75.7 cm³/mol. The fourth-order valence-electron chi connectivity index (χ4n) is 1.66. The standard InChI is InChI=1S/C15H16N2O4/c1-2-3-13-16-14(21-17-13)10-20-12-7-4-11(5-8-12)6-9-15(18)19/h4-9H,2-3,10H2,1H3,(H,18,19). The van der Waals surface area contributed by atoms with Crippen LogP contribution < -0.4 is 4.74 Å². The zero-order valence-electron chi connectivity index (χ0n) is 11.7. The summed E-state index contributed by atoms with van der Waals surface area (Å²) in [6.07, 6.45) is 4.35. The van der Waals surface area contributed by atoms with Gasteiger partial charge in [-0.15, -0.1) is 0 Å². The van der Waals surface area contributed by atoms with E-state index >= 15 is 0 Å². The molecule has 21 heavy (non-hydrogen) atoms. The lowest BCUT2D eigenvalue weighted by Gasteiger charge is -2.03. The van der Waals surface area contributed by atoms with E-state index in [1.54, 1.807) is 24.3 Å². The van der Waals surface area contributed by atoms with E-state index in [1.807, 2.05) is 6.92 Å². The molecule has 6 nitrogen and oxygen atoms in total. The number of hydrogen-bond donors (Lipinski definition) is 1. The molecule has 1 aromatic carbocycles. The summed E-state index contributed by atoms with van der Waals surface area (Å²) in [5.41, 5.74) is 0.785. The molecule has 2 aromatic rings. The summed E-state index contributed by atoms with van der Waals surface area (Å²) < 4.78 is 10.6. The lowest BCUT2D eigenvalue weighted by molar-refractivity contribution is -0.131. The Morgan fingerprint density at radius 2 is 2.14 bits per heavy atom. The minimum Gasteiger partial charge on any atom is -0.484 e. The van der Waals surface area contributed by atoms with Gasteiger partial charge >= 0.3 is 5.97 Å². The first kappa shape index (κ1) is 14.8. The average molecular weight is 288 g/mol. The Hall–Kier alpha value is -2.63. The van der Waals surface area contributed by atoms with E-state index in [2.05, 4.69) is 10.1 Å². The zero-order valence-corrected chi connectivity index (χ0v) is 11.7. The molecule has 0 bridgehead atoms. The third-order valence-corrected chi connectivity index (χ3v) is 2.64. The fourth-order valence-corrected chi connectivity index (χ4v) is 1.66. The topological polar surface area (TPSA) is 85.5 Å². The van der Waals surface area contributed by atoms with E-state index in [9.17, 15) is 4.79 Å². The molecule has 110 valence electrons. The highest BCUT2D eigenvalue weighted by molar-refractivity contribution is 5.85. The Morgan fingerprint density at radius 1 is 1.38 bits per heavy atom. The summed E-state index contributed by atoms with van der Waals surface area (Å²) >= 11 is 0. The molecule has 0 saturated carbocycles. The van der Waals surface area contributed by atoms with Crippen molar-refractivity contribution in [3.8, 4) is 5.75 Å². The van der Waals surface area contributed by atoms with Gasteiger partial charge in [0.2, 0.25) is 0 Å². The molecule has 1 heterocycles. The molecular formula is C15H16N2O4. The Balaban J connectivity index is 1.89. The fraction of sp³-hybridized carbons (Fsp3) is 0.267. The largest absolute Gasteiger partial charge is 0.484 e. The number of benzene rings is 1. The molecule has 1 aromatic heterocycles. The lowest BCUT2D eigenvalue weighted by atomic mass is 10.2. The first-order valence-corrected chi connectivity index (χ1v) is 6.62. The van der Waals surface area contributed by atoms with Crippen molar-refractivity contribution in [3.05, 3.63) is 47.6 Å². The molecule has 0 amide bonds. The van der Waals surface area contributed by atoms with Crippen LogP contribution in [0.4, 0.5) is 0 Å². The summed E-state index contributed by atoms with van der Waals surface area (Å²) in [6, 6.07) is 7.05. The number of hydrogen-bond acceptors (Lipinski definition) is 5. The van der Waals surface area contributed by atoms with Gasteiger partial charge in [0, 0.05) is 12.5 Å². The Bertz CT molecular complexity index is 617. The second-order valence-corrected chi connectivity index (χ2v) is 4.38. The number of aryl methyl sites for hydroxylation is 1. The van der Waals surface area contributed by atoms with Gasteiger partial charge in [-0.3, -0.25) is 0 Å². The number of carboxylic acid groups (broad SMARTS) is 1. The average Bonchev–Trinajstić information content (AvgIpc) is 2.92. The first-order chi connectivity index (χ1) is 10.2. The van der Waals surface area contributed by atoms with E-state index in [4.69, 9.17) is 14.4 Å². The molecule has 6 heteroatoms. The maximum absolute atomic E-state index is 10.4. The number of nitrogens with zero attached hydrogens (tertiary/aromatic N) is 2. The Kier molecular flexibility index (Phi) is 5.09. The highest BCUT2D eigenvalue weighted by Gasteiger charge is 2.06. The summed E-state index contributed by atoms with van der Waals surface area (Å²) in [4.78, 5) is 14.6. The number of ether oxygens (including phenoxy) is 1. The van der Waals surface area contributed by atoms with Crippen molar-refractivity contribution in [2.75, 3.05) is 0 Å². The number of carboxylic acids is 1. The van der Waals surface area contributed by atoms with E-state index in [1.165, 1.54) is 6.08 Å². The summed E-state index contributed by atoms with van der Waals surface area (Å²) in [5, 5.41) is 12.4. The molecule has 0 unspecified atom stereocenters. The molecule has 1 N–H and O–H groups in total. The molecule has 0 aliphatic carbocycles. The van der Waals surface area contributed by atoms with Crippen molar-refractivity contribution in [1.82, 2.24) is 10.1 Å². The van der Waals surface area contributed by atoms with Crippen LogP contribution in [0.2, 0.25) is 0 Å². The summed E-state index contributed by atoms with van der Waals surface area (Å²) in [7, 11) is 0. The maximum atomic E-state index is 10.4. The highest BCUT2D eigenvalue weighted by atomic mass is 16.5. The van der Waals surface area contributed by atoms with Crippen LogP contribution in [-0.2, 0) is 17.8 Å². The Morgan fingerprint density at radius 3 is 2.81 bits per heavy atom. The van der Waals surface area contributed by atoms with Crippen molar-refractivity contribution < 1.29 is 19.2 Å². The predicted octanol–water partition coefficient (Wildman–Crippen LogP) is 2.70. The van der Waals surface area contributed by atoms with Gasteiger partial charge < -0.3 is 14.4 Å². The number of aliphatic carboxylic acids is 1. The van der Waals surface area contributed by atoms with Gasteiger partial charge in [-0.25, -0.2) is 4.79 Å². The minimum absolute atomic E-state index is 0.209. The van der Waals surface area contributed by atoms with Crippen molar-refractivity contribution in [2.24, 2.45) is 0 Å². The number of aromatic nitrogens is 2. The van der Waals surface area contributed by atoms with Gasteiger partial charge in [0.1, 0.15) is 5.75 Å². The van der Waals surface area contributed by atoms with Gasteiger partial charge in [0.25, 0.3) is 5.89 Å². The van der Waals surface area contributed by atoms with Crippen molar-refractivity contribution >= 4 is 12.0 Å². The van der Waals surface area contributed by atoms with Crippen LogP contribution in [0.5, 0.6) is 5.75 Å². The van der Waals surface area contributed by atoms with Crippen LogP contribution >= 0.6 is 0 Å². The molecule has 0 saturated heterocycles. The van der Waals surface area contributed by atoms with E-state index < -0.39 is 5.97 Å². The third-order valence-electron chi connectivity index (χ3n) is 2.64. The minimum atomic E-state index is -0.977. The summed E-state index contributed by atoms with van der Waals surface area (Å²) in [5.74, 6) is 0.797. The van der Waals surface area contributed by atoms with Gasteiger partial charge in [0.15, 0.2) is 12.4 Å². The quantitative estimate of drug-likeness (QED) is 0.788. The van der Waals surface area contributed by atoms with E-state index in [0.29, 0.717) is 17.5 Å². The van der Waals surface area contributed by atoms with Crippen LogP contribution in [0.25, 0.3) is 6.08 Å². The van der Waals surface area contributed by atoms with Crippen molar-refractivity contribution in [3.63, 3.8) is 0 Å². The van der Waals surface area contributed by atoms with Crippen LogP contribution in [0.3, 0.4) is 0 Å².